The number of aliphatic hydroxyl groups is 2. The van der Waals surface area contributed by atoms with Crippen molar-refractivity contribution in [2.75, 3.05) is 13.2 Å². The minimum atomic E-state index is -0.674. The minimum Gasteiger partial charge on any atom is -0.466 e. The molecule has 6 nitrogen and oxygen atoms in total. The summed E-state index contributed by atoms with van der Waals surface area (Å²) in [6.45, 7) is 4.92. The molecule has 0 fully saturated rings. The Morgan fingerprint density at radius 2 is 0.794 bits per heavy atom. The molecule has 372 valence electrons. The molecule has 2 atom stereocenters. The van der Waals surface area contributed by atoms with Gasteiger partial charge in [0.05, 0.1) is 25.4 Å². The Bertz CT molecular complexity index is 982. The zero-order chi connectivity index (χ0) is 45.8. The van der Waals surface area contributed by atoms with Crippen LogP contribution in [-0.4, -0.2) is 47.4 Å². The summed E-state index contributed by atoms with van der Waals surface area (Å²) >= 11 is 0. The molecule has 6 heteroatoms. The van der Waals surface area contributed by atoms with Crippen LogP contribution in [0.3, 0.4) is 0 Å². The highest BCUT2D eigenvalue weighted by Gasteiger charge is 2.20. The van der Waals surface area contributed by atoms with Gasteiger partial charge in [0.25, 0.3) is 0 Å². The molecule has 0 saturated carbocycles. The quantitative estimate of drug-likeness (QED) is 0.0321. The highest BCUT2D eigenvalue weighted by molar-refractivity contribution is 5.76. The Kier molecular flexibility index (Phi) is 51.6. The van der Waals surface area contributed by atoms with E-state index < -0.39 is 12.1 Å². The standard InChI is InChI=1S/C57H109NO5/c1-3-5-7-9-11-13-15-17-22-27-31-35-39-43-47-51-57(62)63-52-48-44-40-36-32-28-24-21-19-20-23-26-30-34-38-42-46-50-56(61)58-54(53-59)55(60)49-45-41-37-33-29-25-18-16-14-12-10-8-6-4-2/h19,21,28,32,54-55,59-60H,3-18,20,22-27,29-31,33-53H2,1-2H3,(H,58,61)/b21-19-,32-28-. The maximum atomic E-state index is 12.5. The van der Waals surface area contributed by atoms with Crippen molar-refractivity contribution in [1.82, 2.24) is 5.32 Å². The lowest BCUT2D eigenvalue weighted by atomic mass is 10.0. The summed E-state index contributed by atoms with van der Waals surface area (Å²) in [6.07, 6.45) is 63.0. The van der Waals surface area contributed by atoms with E-state index in [0.717, 1.165) is 83.5 Å². The van der Waals surface area contributed by atoms with E-state index >= 15 is 0 Å². The third-order valence-electron chi connectivity index (χ3n) is 13.0. The maximum absolute atomic E-state index is 12.5. The van der Waals surface area contributed by atoms with Gasteiger partial charge in [-0.25, -0.2) is 0 Å². The van der Waals surface area contributed by atoms with Crippen LogP contribution < -0.4 is 5.32 Å². The number of unbranched alkanes of at least 4 members (excludes halogenated alkanes) is 37. The molecule has 0 aliphatic heterocycles. The fourth-order valence-corrected chi connectivity index (χ4v) is 8.67. The van der Waals surface area contributed by atoms with Crippen LogP contribution in [0.2, 0.25) is 0 Å². The van der Waals surface area contributed by atoms with Gasteiger partial charge in [0, 0.05) is 12.8 Å². The van der Waals surface area contributed by atoms with Gasteiger partial charge in [0.15, 0.2) is 0 Å². The second kappa shape index (κ2) is 53.0. The molecule has 63 heavy (non-hydrogen) atoms. The van der Waals surface area contributed by atoms with E-state index in [-0.39, 0.29) is 18.5 Å². The van der Waals surface area contributed by atoms with Crippen LogP contribution in [0.5, 0.6) is 0 Å². The number of hydrogen-bond donors (Lipinski definition) is 3. The van der Waals surface area contributed by atoms with Gasteiger partial charge in [0.2, 0.25) is 5.91 Å². The number of esters is 1. The fraction of sp³-hybridized carbons (Fsp3) is 0.895. The molecule has 0 spiro atoms. The third kappa shape index (κ3) is 49.6. The Balaban J connectivity index is 3.48. The van der Waals surface area contributed by atoms with E-state index in [2.05, 4.69) is 43.5 Å². The predicted octanol–water partition coefficient (Wildman–Crippen LogP) is 17.1. The molecule has 0 radical (unpaired) electrons. The first-order valence-corrected chi connectivity index (χ1v) is 28.1. The Hall–Kier alpha value is -1.66. The number of allylic oxidation sites excluding steroid dienone is 4. The first-order valence-electron chi connectivity index (χ1n) is 28.1. The highest BCUT2D eigenvalue weighted by atomic mass is 16.5. The number of hydrogen-bond acceptors (Lipinski definition) is 5. The van der Waals surface area contributed by atoms with E-state index in [1.807, 2.05) is 0 Å². The zero-order valence-electron chi connectivity index (χ0n) is 42.3. The molecule has 0 rings (SSSR count). The summed E-state index contributed by atoms with van der Waals surface area (Å²) < 4.78 is 5.45. The minimum absolute atomic E-state index is 0.0125. The second-order valence-corrected chi connectivity index (χ2v) is 19.3. The normalized spacial score (nSPS) is 12.8. The van der Waals surface area contributed by atoms with Gasteiger partial charge in [-0.2, -0.15) is 0 Å². The largest absolute Gasteiger partial charge is 0.466 e. The van der Waals surface area contributed by atoms with Crippen molar-refractivity contribution in [3.8, 4) is 0 Å². The van der Waals surface area contributed by atoms with Gasteiger partial charge < -0.3 is 20.3 Å². The van der Waals surface area contributed by atoms with E-state index in [1.165, 1.54) is 186 Å². The topological polar surface area (TPSA) is 95.9 Å². The van der Waals surface area contributed by atoms with Crippen LogP contribution in [0.25, 0.3) is 0 Å². The predicted molar refractivity (Wildman–Crippen MR) is 273 cm³/mol. The average molecular weight is 889 g/mol. The van der Waals surface area contributed by atoms with Crippen molar-refractivity contribution < 1.29 is 24.5 Å². The van der Waals surface area contributed by atoms with Crippen molar-refractivity contribution in [3.63, 3.8) is 0 Å². The number of rotatable bonds is 52. The van der Waals surface area contributed by atoms with Crippen molar-refractivity contribution >= 4 is 11.9 Å². The van der Waals surface area contributed by atoms with Crippen molar-refractivity contribution in [2.24, 2.45) is 0 Å². The molecule has 0 bridgehead atoms. The number of aliphatic hydroxyl groups excluding tert-OH is 2. The molecule has 2 unspecified atom stereocenters. The molecule has 0 heterocycles. The molecule has 3 N–H and O–H groups in total. The first kappa shape index (κ1) is 61.3. The summed E-state index contributed by atoms with van der Waals surface area (Å²) in [5.74, 6) is -0.0627. The van der Waals surface area contributed by atoms with Crippen molar-refractivity contribution in [3.05, 3.63) is 24.3 Å². The number of nitrogens with one attached hydrogen (secondary N) is 1. The summed E-state index contributed by atoms with van der Waals surface area (Å²) in [5, 5.41) is 23.2. The lowest BCUT2D eigenvalue weighted by Crippen LogP contribution is -2.45. The number of carbonyl (C=O) groups is 2. The van der Waals surface area contributed by atoms with Gasteiger partial charge in [-0.05, 0) is 64.2 Å². The summed E-state index contributed by atoms with van der Waals surface area (Å²) in [5.41, 5.74) is 0. The summed E-state index contributed by atoms with van der Waals surface area (Å²) in [7, 11) is 0. The molecule has 0 aromatic rings. The van der Waals surface area contributed by atoms with E-state index in [1.54, 1.807) is 0 Å². The molecule has 0 aliphatic rings. The summed E-state index contributed by atoms with van der Waals surface area (Å²) in [6, 6.07) is -0.553. The molecular weight excluding hydrogens is 779 g/mol. The van der Waals surface area contributed by atoms with E-state index in [9.17, 15) is 19.8 Å². The molecular formula is C57H109NO5. The Morgan fingerprint density at radius 1 is 0.444 bits per heavy atom. The van der Waals surface area contributed by atoms with Crippen molar-refractivity contribution in [1.29, 1.82) is 0 Å². The highest BCUT2D eigenvalue weighted by Crippen LogP contribution is 2.17. The van der Waals surface area contributed by atoms with E-state index in [0.29, 0.717) is 25.9 Å². The fourth-order valence-electron chi connectivity index (χ4n) is 8.67. The van der Waals surface area contributed by atoms with Crippen LogP contribution in [0.15, 0.2) is 24.3 Å². The van der Waals surface area contributed by atoms with E-state index in [4.69, 9.17) is 4.74 Å². The summed E-state index contributed by atoms with van der Waals surface area (Å²) in [4.78, 5) is 24.5. The average Bonchev–Trinajstić information content (AvgIpc) is 3.28. The third-order valence-corrected chi connectivity index (χ3v) is 13.0. The Morgan fingerprint density at radius 3 is 1.21 bits per heavy atom. The molecule has 0 aromatic carbocycles. The number of amides is 1. The van der Waals surface area contributed by atoms with Crippen LogP contribution >= 0.6 is 0 Å². The number of ether oxygens (including phenoxy) is 1. The monoisotopic (exact) mass is 888 g/mol. The lowest BCUT2D eigenvalue weighted by Gasteiger charge is -2.22. The van der Waals surface area contributed by atoms with Crippen LogP contribution in [0.1, 0.15) is 303 Å². The second-order valence-electron chi connectivity index (χ2n) is 19.3. The SMILES string of the molecule is CCCCCCCCCCCCCCCCCC(=O)OCCCCC/C=C\C/C=C\CCCCCCCCCC(=O)NC(CO)C(O)CCCCCCCCCCCCCCCC. The van der Waals surface area contributed by atoms with Gasteiger partial charge in [-0.3, -0.25) is 9.59 Å². The zero-order valence-corrected chi connectivity index (χ0v) is 42.3. The molecule has 0 aromatic heterocycles. The van der Waals surface area contributed by atoms with Gasteiger partial charge >= 0.3 is 5.97 Å². The molecule has 1 amide bonds. The smallest absolute Gasteiger partial charge is 0.305 e. The molecule has 0 saturated heterocycles. The van der Waals surface area contributed by atoms with Crippen LogP contribution in [0.4, 0.5) is 0 Å². The molecule has 0 aliphatic carbocycles. The van der Waals surface area contributed by atoms with Gasteiger partial charge in [-0.15, -0.1) is 0 Å². The van der Waals surface area contributed by atoms with Crippen molar-refractivity contribution in [2.45, 2.75) is 315 Å². The Labute approximate surface area is 392 Å². The number of carbonyl (C=O) groups excluding carboxylic acids is 2. The van der Waals surface area contributed by atoms with Crippen LogP contribution in [-0.2, 0) is 14.3 Å². The first-order chi connectivity index (χ1) is 31.0. The van der Waals surface area contributed by atoms with Gasteiger partial charge in [-0.1, -0.05) is 250 Å². The van der Waals surface area contributed by atoms with Gasteiger partial charge in [0.1, 0.15) is 0 Å². The lowest BCUT2D eigenvalue weighted by molar-refractivity contribution is -0.143. The van der Waals surface area contributed by atoms with Crippen LogP contribution in [0, 0.1) is 0 Å². The maximum Gasteiger partial charge on any atom is 0.305 e.